The number of hydrogen-bond acceptors (Lipinski definition) is 4. The lowest BCUT2D eigenvalue weighted by Crippen LogP contribution is -2.34. The molecule has 6 heteroatoms. The molecule has 0 spiro atoms. The number of aromatic amines is 1. The van der Waals surface area contributed by atoms with Crippen LogP contribution in [0.25, 0.3) is 10.9 Å². The molecule has 1 aromatic heterocycles. The van der Waals surface area contributed by atoms with Gasteiger partial charge in [-0.15, -0.1) is 0 Å². The minimum absolute atomic E-state index is 0.0572. The van der Waals surface area contributed by atoms with Gasteiger partial charge in [-0.05, 0) is 30.7 Å². The summed E-state index contributed by atoms with van der Waals surface area (Å²) in [5.41, 5.74) is 2.43. The predicted octanol–water partition coefficient (Wildman–Crippen LogP) is 2.52. The second-order valence-electron chi connectivity index (χ2n) is 6.00. The van der Waals surface area contributed by atoms with Gasteiger partial charge in [0, 0.05) is 23.1 Å². The maximum absolute atomic E-state index is 12.5. The van der Waals surface area contributed by atoms with Crippen molar-refractivity contribution in [1.29, 1.82) is 0 Å². The van der Waals surface area contributed by atoms with Gasteiger partial charge in [0.2, 0.25) is 0 Å². The molecular formula is C20H20N2O4. The summed E-state index contributed by atoms with van der Waals surface area (Å²) in [7, 11) is 1.56. The van der Waals surface area contributed by atoms with Crippen LogP contribution in [0, 0.1) is 6.92 Å². The fourth-order valence-corrected chi connectivity index (χ4v) is 2.90. The monoisotopic (exact) mass is 352 g/mol. The molecule has 0 radical (unpaired) electrons. The molecule has 134 valence electrons. The summed E-state index contributed by atoms with van der Waals surface area (Å²) >= 11 is 0. The van der Waals surface area contributed by atoms with E-state index in [4.69, 9.17) is 4.74 Å². The minimum Gasteiger partial charge on any atom is -0.497 e. The van der Waals surface area contributed by atoms with Gasteiger partial charge in [0.15, 0.2) is 0 Å². The van der Waals surface area contributed by atoms with E-state index in [0.717, 1.165) is 5.52 Å². The van der Waals surface area contributed by atoms with Crippen molar-refractivity contribution in [3.63, 3.8) is 0 Å². The molecule has 1 heterocycles. The topological polar surface area (TPSA) is 91.4 Å². The number of carbonyl (C=O) groups is 2. The van der Waals surface area contributed by atoms with Gasteiger partial charge in [0.1, 0.15) is 5.75 Å². The third kappa shape index (κ3) is 3.45. The Morgan fingerprint density at radius 3 is 2.54 bits per heavy atom. The number of aromatic nitrogens is 1. The molecule has 0 fully saturated rings. The van der Waals surface area contributed by atoms with Gasteiger partial charge in [-0.25, -0.2) is 0 Å². The van der Waals surface area contributed by atoms with Crippen LogP contribution in [0.15, 0.2) is 48.5 Å². The molecule has 3 rings (SSSR count). The molecule has 6 nitrogen and oxygen atoms in total. The van der Waals surface area contributed by atoms with Crippen molar-refractivity contribution < 1.29 is 19.4 Å². The van der Waals surface area contributed by atoms with Crippen molar-refractivity contribution in [2.75, 3.05) is 13.7 Å². The zero-order valence-electron chi connectivity index (χ0n) is 14.6. The quantitative estimate of drug-likeness (QED) is 0.470. The normalized spacial score (nSPS) is 12.0. The molecule has 0 bridgehead atoms. The van der Waals surface area contributed by atoms with E-state index in [-0.39, 0.29) is 6.54 Å². The molecule has 3 aromatic rings. The lowest BCUT2D eigenvalue weighted by molar-refractivity contribution is -0.117. The van der Waals surface area contributed by atoms with Crippen LogP contribution >= 0.6 is 0 Å². The van der Waals surface area contributed by atoms with E-state index in [1.54, 1.807) is 44.4 Å². The summed E-state index contributed by atoms with van der Waals surface area (Å²) in [5.74, 6) is -0.692. The number of Topliss-reactive ketones (excluding diaryl/α,β-unsaturated/α-hetero) is 1. The Morgan fingerprint density at radius 2 is 1.85 bits per heavy atom. The summed E-state index contributed by atoms with van der Waals surface area (Å²) in [6.45, 7) is 1.70. The smallest absolute Gasteiger partial charge is 0.292 e. The molecule has 0 saturated carbocycles. The summed E-state index contributed by atoms with van der Waals surface area (Å²) in [6.07, 6.45) is -0.915. The third-order valence-corrected chi connectivity index (χ3v) is 4.28. The number of fused-ring (bicyclic) bond motifs is 1. The standard InChI is InChI=1S/C20H20N2O4/c1-12-18(15-5-3-4-6-16(15)22-12)19(24)20(25)21-11-17(23)13-7-9-14(26-2)10-8-13/h3-10,17,22-23H,11H2,1-2H3,(H,21,25). The number of benzene rings is 2. The second kappa shape index (κ2) is 7.41. The number of aliphatic hydroxyl groups is 1. The van der Waals surface area contributed by atoms with Crippen molar-refractivity contribution in [3.8, 4) is 5.75 Å². The number of H-pyrrole nitrogens is 1. The van der Waals surface area contributed by atoms with Crippen LogP contribution in [0.4, 0.5) is 0 Å². The fourth-order valence-electron chi connectivity index (χ4n) is 2.90. The molecule has 0 aliphatic heterocycles. The van der Waals surface area contributed by atoms with E-state index in [2.05, 4.69) is 10.3 Å². The molecule has 0 aliphatic rings. The van der Waals surface area contributed by atoms with Gasteiger partial charge in [-0.3, -0.25) is 9.59 Å². The van der Waals surface area contributed by atoms with E-state index in [0.29, 0.717) is 28.0 Å². The maximum Gasteiger partial charge on any atom is 0.292 e. The average Bonchev–Trinajstić information content (AvgIpc) is 3.00. The van der Waals surface area contributed by atoms with Crippen molar-refractivity contribution in [3.05, 3.63) is 65.4 Å². The van der Waals surface area contributed by atoms with E-state index in [9.17, 15) is 14.7 Å². The zero-order valence-corrected chi connectivity index (χ0v) is 14.6. The molecular weight excluding hydrogens is 332 g/mol. The highest BCUT2D eigenvalue weighted by Crippen LogP contribution is 2.22. The predicted molar refractivity (Wildman–Crippen MR) is 98.3 cm³/mol. The maximum atomic E-state index is 12.5. The summed E-state index contributed by atoms with van der Waals surface area (Å²) in [4.78, 5) is 27.9. The summed E-state index contributed by atoms with van der Waals surface area (Å²) < 4.78 is 5.07. The highest BCUT2D eigenvalue weighted by molar-refractivity contribution is 6.45. The molecule has 1 unspecified atom stereocenters. The number of amides is 1. The van der Waals surface area contributed by atoms with Crippen LogP contribution in [0.5, 0.6) is 5.75 Å². The van der Waals surface area contributed by atoms with Crippen LogP contribution < -0.4 is 10.1 Å². The van der Waals surface area contributed by atoms with Gasteiger partial charge in [0.05, 0.1) is 18.8 Å². The number of aliphatic hydroxyl groups excluding tert-OH is 1. The van der Waals surface area contributed by atoms with Crippen molar-refractivity contribution in [2.24, 2.45) is 0 Å². The molecule has 0 aliphatic carbocycles. The number of nitrogens with one attached hydrogen (secondary N) is 2. The van der Waals surface area contributed by atoms with Crippen LogP contribution in [0.3, 0.4) is 0 Å². The first-order chi connectivity index (χ1) is 12.5. The SMILES string of the molecule is COc1ccc(C(O)CNC(=O)C(=O)c2c(C)[nH]c3ccccc23)cc1. The second-order valence-corrected chi connectivity index (χ2v) is 6.00. The van der Waals surface area contributed by atoms with Gasteiger partial charge < -0.3 is 20.1 Å². The number of ether oxygens (including phenoxy) is 1. The minimum atomic E-state index is -0.915. The lowest BCUT2D eigenvalue weighted by atomic mass is 10.1. The van der Waals surface area contributed by atoms with Crippen LogP contribution in [0.1, 0.15) is 27.7 Å². The Morgan fingerprint density at radius 1 is 1.15 bits per heavy atom. The Hall–Kier alpha value is -3.12. The molecule has 3 N–H and O–H groups in total. The van der Waals surface area contributed by atoms with Crippen LogP contribution in [-0.4, -0.2) is 35.4 Å². The third-order valence-electron chi connectivity index (χ3n) is 4.28. The van der Waals surface area contributed by atoms with E-state index >= 15 is 0 Å². The number of hydrogen-bond donors (Lipinski definition) is 3. The molecule has 26 heavy (non-hydrogen) atoms. The van der Waals surface area contributed by atoms with Crippen LogP contribution in [-0.2, 0) is 4.79 Å². The number of ketones is 1. The summed E-state index contributed by atoms with van der Waals surface area (Å²) in [6, 6.07) is 14.2. The molecule has 1 amide bonds. The highest BCUT2D eigenvalue weighted by atomic mass is 16.5. The highest BCUT2D eigenvalue weighted by Gasteiger charge is 2.23. The van der Waals surface area contributed by atoms with Gasteiger partial charge in [0.25, 0.3) is 11.7 Å². The fraction of sp³-hybridized carbons (Fsp3) is 0.200. The Balaban J connectivity index is 1.69. The Kier molecular flexibility index (Phi) is 5.04. The van der Waals surface area contributed by atoms with Gasteiger partial charge in [-0.2, -0.15) is 0 Å². The lowest BCUT2D eigenvalue weighted by Gasteiger charge is -2.12. The summed E-state index contributed by atoms with van der Waals surface area (Å²) in [5, 5.41) is 13.4. The van der Waals surface area contributed by atoms with Crippen molar-refractivity contribution >= 4 is 22.6 Å². The van der Waals surface area contributed by atoms with Crippen molar-refractivity contribution in [1.82, 2.24) is 10.3 Å². The number of para-hydroxylation sites is 1. The molecule has 2 aromatic carbocycles. The Bertz CT molecular complexity index is 944. The first-order valence-electron chi connectivity index (χ1n) is 8.23. The van der Waals surface area contributed by atoms with Gasteiger partial charge in [-0.1, -0.05) is 30.3 Å². The van der Waals surface area contributed by atoms with Crippen LogP contribution in [0.2, 0.25) is 0 Å². The Labute approximate surface area is 150 Å². The van der Waals surface area contributed by atoms with E-state index in [1.807, 2.05) is 18.2 Å². The zero-order chi connectivity index (χ0) is 18.7. The number of carbonyl (C=O) groups excluding carboxylic acids is 2. The first kappa shape index (κ1) is 17.7. The van der Waals surface area contributed by atoms with Gasteiger partial charge >= 0.3 is 0 Å². The van der Waals surface area contributed by atoms with E-state index < -0.39 is 17.8 Å². The largest absolute Gasteiger partial charge is 0.497 e. The molecule has 1 atom stereocenters. The first-order valence-corrected chi connectivity index (χ1v) is 8.23. The average molecular weight is 352 g/mol. The number of rotatable bonds is 6. The molecule has 0 saturated heterocycles. The number of aryl methyl sites for hydroxylation is 1. The number of methoxy groups -OCH3 is 1. The van der Waals surface area contributed by atoms with Crippen molar-refractivity contribution in [2.45, 2.75) is 13.0 Å². The van der Waals surface area contributed by atoms with E-state index in [1.165, 1.54) is 0 Å².